The van der Waals surface area contributed by atoms with E-state index in [1.807, 2.05) is 12.1 Å². The monoisotopic (exact) mass is 361 g/mol. The largest absolute Gasteiger partial charge is 0.378 e. The number of rotatable bonds is 4. The summed E-state index contributed by atoms with van der Waals surface area (Å²) in [7, 11) is 0. The van der Waals surface area contributed by atoms with Gasteiger partial charge in [-0.05, 0) is 49.4 Å². The zero-order chi connectivity index (χ0) is 12.3. The summed E-state index contributed by atoms with van der Waals surface area (Å²) in [6, 6.07) is 6.21. The summed E-state index contributed by atoms with van der Waals surface area (Å²) < 4.78 is 7.77. The molecule has 1 aromatic carbocycles. The Morgan fingerprint density at radius 2 is 2.24 bits per heavy atom. The minimum Gasteiger partial charge on any atom is -0.378 e. The molecule has 1 heterocycles. The van der Waals surface area contributed by atoms with Crippen LogP contribution in [0.25, 0.3) is 0 Å². The summed E-state index contributed by atoms with van der Waals surface area (Å²) in [4.78, 5) is 0. The molecule has 1 fully saturated rings. The molecule has 2 N–H and O–H groups in total. The van der Waals surface area contributed by atoms with Gasteiger partial charge in [-0.3, -0.25) is 0 Å². The molecule has 1 saturated heterocycles. The standard InChI is InChI=1S/C13H17Br2NO/c14-9-3-5-12(15)11(8-9)13(16)6-4-10-2-1-7-17-10/h3,5,8,10,13H,1-2,4,6-7,16H2. The van der Waals surface area contributed by atoms with E-state index in [0.717, 1.165) is 34.0 Å². The van der Waals surface area contributed by atoms with Crippen molar-refractivity contribution in [2.75, 3.05) is 6.61 Å². The van der Waals surface area contributed by atoms with Gasteiger partial charge in [-0.15, -0.1) is 0 Å². The molecule has 2 nitrogen and oxygen atoms in total. The molecular formula is C13H17Br2NO. The van der Waals surface area contributed by atoms with E-state index in [0.29, 0.717) is 6.10 Å². The van der Waals surface area contributed by atoms with Crippen molar-refractivity contribution in [1.82, 2.24) is 0 Å². The van der Waals surface area contributed by atoms with Crippen LogP contribution >= 0.6 is 31.9 Å². The van der Waals surface area contributed by atoms with Gasteiger partial charge in [0.15, 0.2) is 0 Å². The van der Waals surface area contributed by atoms with E-state index in [4.69, 9.17) is 10.5 Å². The summed E-state index contributed by atoms with van der Waals surface area (Å²) in [5, 5.41) is 0. The molecule has 2 rings (SSSR count). The van der Waals surface area contributed by atoms with Gasteiger partial charge in [0.2, 0.25) is 0 Å². The second-order valence-corrected chi connectivity index (χ2v) is 6.25. The Balaban J connectivity index is 1.93. The maximum Gasteiger partial charge on any atom is 0.0576 e. The van der Waals surface area contributed by atoms with Gasteiger partial charge >= 0.3 is 0 Å². The lowest BCUT2D eigenvalue weighted by Crippen LogP contribution is -2.15. The Bertz CT molecular complexity index is 378. The summed E-state index contributed by atoms with van der Waals surface area (Å²) in [5.74, 6) is 0. The van der Waals surface area contributed by atoms with Crippen LogP contribution in [0.3, 0.4) is 0 Å². The lowest BCUT2D eigenvalue weighted by molar-refractivity contribution is 0.101. The lowest BCUT2D eigenvalue weighted by atomic mass is 10.0. The molecule has 2 unspecified atom stereocenters. The molecule has 0 aromatic heterocycles. The van der Waals surface area contributed by atoms with Gasteiger partial charge in [0.05, 0.1) is 6.10 Å². The third-order valence-corrected chi connectivity index (χ3v) is 4.40. The van der Waals surface area contributed by atoms with Gasteiger partial charge in [-0.25, -0.2) is 0 Å². The highest BCUT2D eigenvalue weighted by molar-refractivity contribution is 9.11. The van der Waals surface area contributed by atoms with Gasteiger partial charge in [0, 0.05) is 21.6 Å². The molecule has 1 aliphatic rings. The second kappa shape index (κ2) is 6.32. The smallest absolute Gasteiger partial charge is 0.0576 e. The molecular weight excluding hydrogens is 346 g/mol. The van der Waals surface area contributed by atoms with Crippen LogP contribution in [0.15, 0.2) is 27.1 Å². The summed E-state index contributed by atoms with van der Waals surface area (Å²) in [6.45, 7) is 0.917. The third-order valence-electron chi connectivity index (χ3n) is 3.18. The van der Waals surface area contributed by atoms with Crippen LogP contribution in [0.5, 0.6) is 0 Å². The van der Waals surface area contributed by atoms with Gasteiger partial charge in [-0.1, -0.05) is 31.9 Å². The van der Waals surface area contributed by atoms with Crippen LogP contribution in [-0.2, 0) is 4.74 Å². The molecule has 17 heavy (non-hydrogen) atoms. The topological polar surface area (TPSA) is 35.2 Å². The molecule has 0 amide bonds. The molecule has 4 heteroatoms. The Labute approximate surface area is 119 Å². The van der Waals surface area contributed by atoms with Crippen LogP contribution < -0.4 is 5.73 Å². The number of hydrogen-bond acceptors (Lipinski definition) is 2. The van der Waals surface area contributed by atoms with Crippen LogP contribution in [0.1, 0.15) is 37.3 Å². The van der Waals surface area contributed by atoms with Gasteiger partial charge in [0.25, 0.3) is 0 Å². The lowest BCUT2D eigenvalue weighted by Gasteiger charge is -2.16. The highest BCUT2D eigenvalue weighted by atomic mass is 79.9. The Morgan fingerprint density at radius 1 is 1.41 bits per heavy atom. The second-order valence-electron chi connectivity index (χ2n) is 4.48. The van der Waals surface area contributed by atoms with E-state index in [2.05, 4.69) is 37.9 Å². The van der Waals surface area contributed by atoms with E-state index < -0.39 is 0 Å². The van der Waals surface area contributed by atoms with Crippen molar-refractivity contribution in [3.8, 4) is 0 Å². The Kier molecular flexibility index (Phi) is 5.03. The van der Waals surface area contributed by atoms with Crippen LogP contribution in [0, 0.1) is 0 Å². The predicted octanol–water partition coefficient (Wildman–Crippen LogP) is 4.17. The number of nitrogens with two attached hydrogens (primary N) is 1. The highest BCUT2D eigenvalue weighted by Gasteiger charge is 2.18. The fourth-order valence-electron chi connectivity index (χ4n) is 2.19. The zero-order valence-electron chi connectivity index (χ0n) is 9.66. The van der Waals surface area contributed by atoms with Gasteiger partial charge < -0.3 is 10.5 Å². The zero-order valence-corrected chi connectivity index (χ0v) is 12.8. The molecule has 0 spiro atoms. The Hall–Kier alpha value is 0.1000. The molecule has 0 saturated carbocycles. The first kappa shape index (κ1) is 13.5. The fourth-order valence-corrected chi connectivity index (χ4v) is 3.11. The maximum atomic E-state index is 6.24. The maximum absolute atomic E-state index is 6.24. The van der Waals surface area contributed by atoms with E-state index in [9.17, 15) is 0 Å². The first-order valence-electron chi connectivity index (χ1n) is 5.99. The summed E-state index contributed by atoms with van der Waals surface area (Å²) in [6.07, 6.45) is 4.83. The van der Waals surface area contributed by atoms with E-state index in [1.54, 1.807) is 0 Å². The van der Waals surface area contributed by atoms with E-state index >= 15 is 0 Å². The molecule has 0 aliphatic carbocycles. The van der Waals surface area contributed by atoms with Crippen LogP contribution in [0.2, 0.25) is 0 Å². The van der Waals surface area contributed by atoms with Crippen LogP contribution in [-0.4, -0.2) is 12.7 Å². The molecule has 1 aliphatic heterocycles. The van der Waals surface area contributed by atoms with Gasteiger partial charge in [-0.2, -0.15) is 0 Å². The van der Waals surface area contributed by atoms with Crippen molar-refractivity contribution in [1.29, 1.82) is 0 Å². The van der Waals surface area contributed by atoms with E-state index in [1.165, 1.54) is 12.8 Å². The fraction of sp³-hybridized carbons (Fsp3) is 0.538. The molecule has 2 atom stereocenters. The molecule has 0 radical (unpaired) electrons. The minimum atomic E-state index is 0.0751. The van der Waals surface area contributed by atoms with Crippen LogP contribution in [0.4, 0.5) is 0 Å². The number of hydrogen-bond donors (Lipinski definition) is 1. The Morgan fingerprint density at radius 3 is 2.94 bits per heavy atom. The van der Waals surface area contributed by atoms with Crippen molar-refractivity contribution in [3.05, 3.63) is 32.7 Å². The summed E-state index contributed by atoms with van der Waals surface area (Å²) >= 11 is 7.03. The third kappa shape index (κ3) is 3.78. The summed E-state index contributed by atoms with van der Waals surface area (Å²) in [5.41, 5.74) is 7.40. The average molecular weight is 363 g/mol. The average Bonchev–Trinajstić information content (AvgIpc) is 2.82. The normalized spacial score (nSPS) is 21.7. The number of ether oxygens (including phenoxy) is 1. The molecule has 1 aromatic rings. The quantitative estimate of drug-likeness (QED) is 0.872. The highest BCUT2D eigenvalue weighted by Crippen LogP contribution is 2.29. The SMILES string of the molecule is NC(CCC1CCCO1)c1cc(Br)ccc1Br. The predicted molar refractivity (Wildman–Crippen MR) is 77.0 cm³/mol. The number of halogens is 2. The molecule has 0 bridgehead atoms. The van der Waals surface area contributed by atoms with Gasteiger partial charge in [0.1, 0.15) is 0 Å². The van der Waals surface area contributed by atoms with Crippen molar-refractivity contribution >= 4 is 31.9 Å². The first-order valence-corrected chi connectivity index (χ1v) is 7.57. The van der Waals surface area contributed by atoms with Crippen molar-refractivity contribution in [2.45, 2.75) is 37.8 Å². The van der Waals surface area contributed by atoms with Crippen molar-refractivity contribution in [3.63, 3.8) is 0 Å². The minimum absolute atomic E-state index is 0.0751. The van der Waals surface area contributed by atoms with E-state index in [-0.39, 0.29) is 6.04 Å². The van der Waals surface area contributed by atoms with Crippen molar-refractivity contribution < 1.29 is 4.74 Å². The number of benzene rings is 1. The first-order chi connectivity index (χ1) is 8.16. The molecule has 94 valence electrons. The van der Waals surface area contributed by atoms with Crippen molar-refractivity contribution in [2.24, 2.45) is 5.73 Å².